The molecule has 1 aromatic carbocycles. The van der Waals surface area contributed by atoms with E-state index >= 15 is 0 Å². The van der Waals surface area contributed by atoms with Crippen LogP contribution in [-0.2, 0) is 16.4 Å². The lowest BCUT2D eigenvalue weighted by atomic mass is 10.1. The molecule has 0 aliphatic carbocycles. The van der Waals surface area contributed by atoms with Gasteiger partial charge < -0.3 is 0 Å². The Morgan fingerprint density at radius 1 is 1.39 bits per heavy atom. The van der Waals surface area contributed by atoms with Crippen LogP contribution in [0.15, 0.2) is 29.2 Å². The van der Waals surface area contributed by atoms with E-state index in [1.807, 2.05) is 12.1 Å². The average molecular weight is 333 g/mol. The SMILES string of the molecule is NS(=O)(=O)c1ccccc1CCN1CCCC1Br. The molecule has 1 atom stereocenters. The maximum absolute atomic E-state index is 11.5. The monoisotopic (exact) mass is 332 g/mol. The van der Waals surface area contributed by atoms with Gasteiger partial charge in [0.25, 0.3) is 0 Å². The fourth-order valence-corrected chi connectivity index (χ4v) is 3.83. The molecule has 1 fully saturated rings. The second-order valence-corrected chi connectivity index (χ2v) is 7.10. The normalized spacial score (nSPS) is 21.3. The first-order chi connectivity index (χ1) is 8.48. The Hall–Kier alpha value is -0.430. The number of hydrogen-bond donors (Lipinski definition) is 1. The zero-order chi connectivity index (χ0) is 13.2. The fourth-order valence-electron chi connectivity index (χ4n) is 2.29. The first-order valence-corrected chi connectivity index (χ1v) is 8.43. The topological polar surface area (TPSA) is 63.4 Å². The fraction of sp³-hybridized carbons (Fsp3) is 0.500. The van der Waals surface area contributed by atoms with Gasteiger partial charge in [0.2, 0.25) is 10.0 Å². The van der Waals surface area contributed by atoms with Crippen molar-refractivity contribution in [3.63, 3.8) is 0 Å². The van der Waals surface area contributed by atoms with Gasteiger partial charge in [-0.15, -0.1) is 0 Å². The van der Waals surface area contributed by atoms with Crippen molar-refractivity contribution in [2.24, 2.45) is 5.14 Å². The van der Waals surface area contributed by atoms with Crippen LogP contribution in [0.1, 0.15) is 18.4 Å². The average Bonchev–Trinajstić information content (AvgIpc) is 2.71. The van der Waals surface area contributed by atoms with E-state index < -0.39 is 10.0 Å². The van der Waals surface area contributed by atoms with Crippen LogP contribution in [0.4, 0.5) is 0 Å². The van der Waals surface area contributed by atoms with Crippen LogP contribution >= 0.6 is 15.9 Å². The third kappa shape index (κ3) is 3.32. The highest BCUT2D eigenvalue weighted by atomic mass is 79.9. The van der Waals surface area contributed by atoms with E-state index in [2.05, 4.69) is 20.8 Å². The molecular weight excluding hydrogens is 316 g/mol. The number of nitrogens with two attached hydrogens (primary N) is 1. The highest BCUT2D eigenvalue weighted by molar-refractivity contribution is 9.09. The summed E-state index contributed by atoms with van der Waals surface area (Å²) in [4.78, 5) is 2.98. The van der Waals surface area contributed by atoms with Gasteiger partial charge in [0, 0.05) is 6.54 Å². The Labute approximate surface area is 116 Å². The quantitative estimate of drug-likeness (QED) is 0.674. The Kier molecular flexibility index (Phi) is 4.42. The van der Waals surface area contributed by atoms with Crippen LogP contribution in [0.5, 0.6) is 0 Å². The highest BCUT2D eigenvalue weighted by Crippen LogP contribution is 2.23. The number of nitrogens with zero attached hydrogens (tertiary/aromatic N) is 1. The zero-order valence-corrected chi connectivity index (χ0v) is 12.5. The third-order valence-electron chi connectivity index (χ3n) is 3.23. The van der Waals surface area contributed by atoms with Crippen molar-refractivity contribution < 1.29 is 8.42 Å². The predicted molar refractivity (Wildman–Crippen MR) is 75.0 cm³/mol. The molecule has 2 N–H and O–H groups in total. The molecule has 0 spiro atoms. The number of sulfonamides is 1. The molecule has 100 valence electrons. The minimum absolute atomic E-state index is 0.246. The van der Waals surface area contributed by atoms with Gasteiger partial charge in [-0.25, -0.2) is 13.6 Å². The van der Waals surface area contributed by atoms with Crippen molar-refractivity contribution >= 4 is 26.0 Å². The standard InChI is InChI=1S/C12H17BrN2O2S/c13-12-6-3-8-15(12)9-7-10-4-1-2-5-11(10)18(14,16)17/h1-2,4-5,12H,3,6-9H2,(H2,14,16,17). The van der Waals surface area contributed by atoms with Gasteiger partial charge in [0.05, 0.1) is 9.85 Å². The van der Waals surface area contributed by atoms with Crippen LogP contribution in [0.25, 0.3) is 0 Å². The second-order valence-electron chi connectivity index (χ2n) is 4.52. The molecular formula is C12H17BrN2O2S. The predicted octanol–water partition coefficient (Wildman–Crippen LogP) is 1.69. The molecule has 1 aliphatic rings. The number of halogens is 1. The van der Waals surface area contributed by atoms with Gasteiger partial charge in [-0.1, -0.05) is 34.1 Å². The summed E-state index contributed by atoms with van der Waals surface area (Å²) in [5, 5.41) is 5.22. The number of rotatable bonds is 4. The number of hydrogen-bond acceptors (Lipinski definition) is 3. The molecule has 1 heterocycles. The van der Waals surface area contributed by atoms with Crippen LogP contribution < -0.4 is 5.14 Å². The number of primary sulfonamides is 1. The number of alkyl halides is 1. The molecule has 0 radical (unpaired) electrons. The summed E-state index contributed by atoms with van der Waals surface area (Å²) in [5.74, 6) is 0. The lowest BCUT2D eigenvalue weighted by Gasteiger charge is -2.19. The summed E-state index contributed by atoms with van der Waals surface area (Å²) in [7, 11) is -3.62. The molecule has 1 unspecified atom stereocenters. The molecule has 1 saturated heterocycles. The van der Waals surface area contributed by atoms with E-state index in [1.54, 1.807) is 12.1 Å². The van der Waals surface area contributed by atoms with Crippen molar-refractivity contribution in [3.8, 4) is 0 Å². The summed E-state index contributed by atoms with van der Waals surface area (Å²) < 4.78 is 22.9. The van der Waals surface area contributed by atoms with Gasteiger partial charge in [0.15, 0.2) is 0 Å². The van der Waals surface area contributed by atoms with E-state index in [1.165, 1.54) is 6.42 Å². The molecule has 0 amide bonds. The Bertz CT molecular complexity index is 519. The van der Waals surface area contributed by atoms with Crippen molar-refractivity contribution in [1.82, 2.24) is 4.90 Å². The number of benzene rings is 1. The summed E-state index contributed by atoms with van der Waals surface area (Å²) in [6.07, 6.45) is 3.04. The maximum atomic E-state index is 11.5. The minimum atomic E-state index is -3.62. The molecule has 1 aromatic rings. The lowest BCUT2D eigenvalue weighted by Crippen LogP contribution is -2.27. The smallest absolute Gasteiger partial charge is 0.238 e. The molecule has 2 rings (SSSR count). The molecule has 0 bridgehead atoms. The van der Waals surface area contributed by atoms with Crippen molar-refractivity contribution in [2.75, 3.05) is 13.1 Å². The minimum Gasteiger partial charge on any atom is -0.291 e. The molecule has 4 nitrogen and oxygen atoms in total. The Balaban J connectivity index is 2.10. The zero-order valence-electron chi connectivity index (χ0n) is 10.0. The van der Waals surface area contributed by atoms with Gasteiger partial charge in [-0.05, 0) is 37.4 Å². The largest absolute Gasteiger partial charge is 0.291 e. The van der Waals surface area contributed by atoms with Gasteiger partial charge in [-0.2, -0.15) is 0 Å². The van der Waals surface area contributed by atoms with Crippen LogP contribution in [0, 0.1) is 0 Å². The summed E-state index contributed by atoms with van der Waals surface area (Å²) in [6, 6.07) is 6.95. The summed E-state index contributed by atoms with van der Waals surface area (Å²) >= 11 is 3.62. The van der Waals surface area contributed by atoms with E-state index in [4.69, 9.17) is 5.14 Å². The van der Waals surface area contributed by atoms with E-state index in [-0.39, 0.29) is 4.90 Å². The molecule has 18 heavy (non-hydrogen) atoms. The summed E-state index contributed by atoms with van der Waals surface area (Å²) in [6.45, 7) is 1.91. The van der Waals surface area contributed by atoms with Gasteiger partial charge in [0.1, 0.15) is 0 Å². The van der Waals surface area contributed by atoms with E-state index in [0.717, 1.165) is 25.1 Å². The highest BCUT2D eigenvalue weighted by Gasteiger charge is 2.22. The van der Waals surface area contributed by atoms with Crippen molar-refractivity contribution in [2.45, 2.75) is 29.1 Å². The lowest BCUT2D eigenvalue weighted by molar-refractivity contribution is 0.325. The van der Waals surface area contributed by atoms with E-state index in [9.17, 15) is 8.42 Å². The summed E-state index contributed by atoms with van der Waals surface area (Å²) in [5.41, 5.74) is 0.798. The molecule has 1 aliphatic heterocycles. The van der Waals surface area contributed by atoms with Gasteiger partial charge >= 0.3 is 0 Å². The first-order valence-electron chi connectivity index (χ1n) is 5.97. The third-order valence-corrected chi connectivity index (χ3v) is 5.28. The van der Waals surface area contributed by atoms with E-state index in [0.29, 0.717) is 11.4 Å². The maximum Gasteiger partial charge on any atom is 0.238 e. The van der Waals surface area contributed by atoms with Crippen molar-refractivity contribution in [1.29, 1.82) is 0 Å². The number of likely N-dealkylation sites (tertiary alicyclic amines) is 1. The van der Waals surface area contributed by atoms with Crippen LogP contribution in [0.2, 0.25) is 0 Å². The molecule has 6 heteroatoms. The molecule has 0 aromatic heterocycles. The van der Waals surface area contributed by atoms with Gasteiger partial charge in [-0.3, -0.25) is 4.90 Å². The van der Waals surface area contributed by atoms with Crippen molar-refractivity contribution in [3.05, 3.63) is 29.8 Å². The Morgan fingerprint density at radius 3 is 2.72 bits per heavy atom. The second kappa shape index (κ2) is 5.69. The molecule has 0 saturated carbocycles. The first kappa shape index (κ1) is 14.0. The van der Waals surface area contributed by atoms with Crippen LogP contribution in [-0.4, -0.2) is 31.4 Å². The van der Waals surface area contributed by atoms with Crippen LogP contribution in [0.3, 0.4) is 0 Å². The Morgan fingerprint density at radius 2 is 2.11 bits per heavy atom.